The third kappa shape index (κ3) is 3.16. The van der Waals surface area contributed by atoms with Crippen LogP contribution in [0.3, 0.4) is 0 Å². The van der Waals surface area contributed by atoms with Crippen LogP contribution in [-0.4, -0.2) is 37.6 Å². The summed E-state index contributed by atoms with van der Waals surface area (Å²) in [4.78, 5) is 17.5. The van der Waals surface area contributed by atoms with E-state index in [-0.39, 0.29) is 5.91 Å². The van der Waals surface area contributed by atoms with Crippen LogP contribution in [0.1, 0.15) is 36.5 Å². The average molecular weight is 337 g/mol. The lowest BCUT2D eigenvalue weighted by atomic mass is 10.1. The molecule has 3 heterocycles. The van der Waals surface area contributed by atoms with Crippen molar-refractivity contribution < 1.29 is 4.79 Å². The Bertz CT molecular complexity index is 894. The van der Waals surface area contributed by atoms with Crippen LogP contribution >= 0.6 is 0 Å². The molecule has 6 nitrogen and oxygen atoms in total. The highest BCUT2D eigenvalue weighted by Gasteiger charge is 2.19. The van der Waals surface area contributed by atoms with Crippen LogP contribution in [0.2, 0.25) is 0 Å². The molecule has 2 aromatic heterocycles. The first-order chi connectivity index (χ1) is 12.2. The van der Waals surface area contributed by atoms with Gasteiger partial charge in [0, 0.05) is 43.5 Å². The number of rotatable bonds is 6. The van der Waals surface area contributed by atoms with Gasteiger partial charge in [0.1, 0.15) is 5.82 Å². The lowest BCUT2D eigenvalue weighted by Gasteiger charge is -2.16. The Morgan fingerprint density at radius 2 is 2.20 bits per heavy atom. The average Bonchev–Trinajstić information content (AvgIpc) is 3.32. The summed E-state index contributed by atoms with van der Waals surface area (Å²) in [5, 5.41) is 9.69. The van der Waals surface area contributed by atoms with E-state index in [0.717, 1.165) is 49.4 Å². The number of carbonyl (C=O) groups excluding carboxylic acids is 1. The number of hydrogen-bond acceptors (Lipinski definition) is 3. The van der Waals surface area contributed by atoms with Crippen molar-refractivity contribution in [1.82, 2.24) is 24.6 Å². The van der Waals surface area contributed by atoms with Crippen molar-refractivity contribution in [3.63, 3.8) is 0 Å². The minimum absolute atomic E-state index is 0.162. The van der Waals surface area contributed by atoms with E-state index in [9.17, 15) is 4.79 Å². The molecule has 1 aliphatic heterocycles. The van der Waals surface area contributed by atoms with E-state index in [1.807, 2.05) is 13.1 Å². The summed E-state index contributed by atoms with van der Waals surface area (Å²) in [7, 11) is 1.85. The molecule has 0 saturated heterocycles. The first-order valence-corrected chi connectivity index (χ1v) is 8.92. The van der Waals surface area contributed by atoms with E-state index >= 15 is 0 Å². The maximum Gasteiger partial charge on any atom is 0.222 e. The Morgan fingerprint density at radius 1 is 1.32 bits per heavy atom. The molecule has 0 unspecified atom stereocenters. The van der Waals surface area contributed by atoms with Gasteiger partial charge in [0.2, 0.25) is 5.91 Å². The minimum Gasteiger partial charge on any atom is -0.361 e. The summed E-state index contributed by atoms with van der Waals surface area (Å²) in [5.74, 6) is 2.12. The quantitative estimate of drug-likeness (QED) is 0.752. The standard InChI is InChI=1S/C19H23N5O/c1-23(13-18-22-21-17-9-5-11-24(17)18)19(25)10-4-6-14-12-20-16-8-3-2-7-15(14)16/h2-3,7-8,12,20H,4-6,9-11,13H2,1H3. The van der Waals surface area contributed by atoms with Crippen LogP contribution in [0.25, 0.3) is 10.9 Å². The van der Waals surface area contributed by atoms with Gasteiger partial charge in [0.05, 0.1) is 6.54 Å². The van der Waals surface area contributed by atoms with Crippen LogP contribution in [0, 0.1) is 0 Å². The normalized spacial score (nSPS) is 13.3. The maximum absolute atomic E-state index is 12.4. The fourth-order valence-electron chi connectivity index (χ4n) is 3.59. The fourth-order valence-corrected chi connectivity index (χ4v) is 3.59. The topological polar surface area (TPSA) is 66.8 Å². The zero-order valence-corrected chi connectivity index (χ0v) is 14.5. The van der Waals surface area contributed by atoms with Gasteiger partial charge in [-0.15, -0.1) is 10.2 Å². The highest BCUT2D eigenvalue weighted by Crippen LogP contribution is 2.20. The lowest BCUT2D eigenvalue weighted by molar-refractivity contribution is -0.130. The van der Waals surface area contributed by atoms with Crippen LogP contribution in [0.5, 0.6) is 0 Å². The van der Waals surface area contributed by atoms with Crippen molar-refractivity contribution in [3.8, 4) is 0 Å². The number of nitrogens with one attached hydrogen (secondary N) is 1. The summed E-state index contributed by atoms with van der Waals surface area (Å²) in [6, 6.07) is 8.29. The van der Waals surface area contributed by atoms with Crippen LogP contribution in [-0.2, 0) is 30.7 Å². The number of aromatic amines is 1. The molecule has 130 valence electrons. The molecule has 1 N–H and O–H groups in total. The molecule has 6 heteroatoms. The van der Waals surface area contributed by atoms with Crippen molar-refractivity contribution in [2.45, 2.75) is 45.2 Å². The van der Waals surface area contributed by atoms with Gasteiger partial charge >= 0.3 is 0 Å². The number of nitrogens with zero attached hydrogens (tertiary/aromatic N) is 4. The van der Waals surface area contributed by atoms with E-state index in [0.29, 0.717) is 13.0 Å². The highest BCUT2D eigenvalue weighted by molar-refractivity contribution is 5.83. The molecule has 4 rings (SSSR count). The summed E-state index contributed by atoms with van der Waals surface area (Å²) < 4.78 is 2.15. The van der Waals surface area contributed by atoms with Gasteiger partial charge in [-0.05, 0) is 30.9 Å². The first-order valence-electron chi connectivity index (χ1n) is 8.92. The highest BCUT2D eigenvalue weighted by atomic mass is 16.2. The zero-order chi connectivity index (χ0) is 17.2. The van der Waals surface area contributed by atoms with Gasteiger partial charge in [-0.3, -0.25) is 4.79 Å². The molecule has 1 aromatic carbocycles. The fraction of sp³-hybridized carbons (Fsp3) is 0.421. The maximum atomic E-state index is 12.4. The second kappa shape index (κ2) is 6.70. The summed E-state index contributed by atoms with van der Waals surface area (Å²) in [6.07, 6.45) is 6.48. The monoisotopic (exact) mass is 337 g/mol. The summed E-state index contributed by atoms with van der Waals surface area (Å²) in [6.45, 7) is 1.51. The van der Waals surface area contributed by atoms with Gasteiger partial charge in [-0.2, -0.15) is 0 Å². The number of hydrogen-bond donors (Lipinski definition) is 1. The molecule has 0 spiro atoms. The summed E-state index contributed by atoms with van der Waals surface area (Å²) in [5.41, 5.74) is 2.43. The van der Waals surface area contributed by atoms with Gasteiger partial charge < -0.3 is 14.5 Å². The molecule has 0 fully saturated rings. The lowest BCUT2D eigenvalue weighted by Crippen LogP contribution is -2.27. The van der Waals surface area contributed by atoms with Gasteiger partial charge in [0.15, 0.2) is 5.82 Å². The Balaban J connectivity index is 1.31. The third-order valence-corrected chi connectivity index (χ3v) is 5.00. The Hall–Kier alpha value is -2.63. The zero-order valence-electron chi connectivity index (χ0n) is 14.5. The minimum atomic E-state index is 0.162. The first kappa shape index (κ1) is 15.9. The predicted molar refractivity (Wildman–Crippen MR) is 96.1 cm³/mol. The second-order valence-electron chi connectivity index (χ2n) is 6.75. The van der Waals surface area contributed by atoms with E-state index < -0.39 is 0 Å². The van der Waals surface area contributed by atoms with Gasteiger partial charge in [-0.25, -0.2) is 0 Å². The molecule has 3 aromatic rings. The number of H-pyrrole nitrogens is 1. The van der Waals surface area contributed by atoms with Crippen molar-refractivity contribution in [3.05, 3.63) is 47.7 Å². The van der Waals surface area contributed by atoms with E-state index in [1.165, 1.54) is 10.9 Å². The number of carbonyl (C=O) groups is 1. The van der Waals surface area contributed by atoms with Gasteiger partial charge in [-0.1, -0.05) is 18.2 Å². The number of para-hydroxylation sites is 1. The van der Waals surface area contributed by atoms with Crippen molar-refractivity contribution in [2.75, 3.05) is 7.05 Å². The van der Waals surface area contributed by atoms with E-state index in [2.05, 4.69) is 44.1 Å². The van der Waals surface area contributed by atoms with Crippen molar-refractivity contribution >= 4 is 16.8 Å². The number of aromatic nitrogens is 4. The second-order valence-corrected chi connectivity index (χ2v) is 6.75. The van der Waals surface area contributed by atoms with Gasteiger partial charge in [0.25, 0.3) is 0 Å². The Labute approximate surface area is 146 Å². The van der Waals surface area contributed by atoms with Crippen molar-refractivity contribution in [1.29, 1.82) is 0 Å². The van der Waals surface area contributed by atoms with Crippen LogP contribution in [0.4, 0.5) is 0 Å². The molecule has 0 aliphatic carbocycles. The largest absolute Gasteiger partial charge is 0.361 e. The SMILES string of the molecule is CN(Cc1nnc2n1CCC2)C(=O)CCCc1c[nH]c2ccccc12. The molecule has 0 radical (unpaired) electrons. The number of benzene rings is 1. The van der Waals surface area contributed by atoms with Crippen molar-refractivity contribution in [2.24, 2.45) is 0 Å². The Morgan fingerprint density at radius 3 is 3.12 bits per heavy atom. The predicted octanol–water partition coefficient (Wildman–Crippen LogP) is 2.69. The van der Waals surface area contributed by atoms with E-state index in [4.69, 9.17) is 0 Å². The molecule has 0 bridgehead atoms. The number of amides is 1. The van der Waals surface area contributed by atoms with E-state index in [1.54, 1.807) is 4.90 Å². The molecule has 0 saturated carbocycles. The molecular formula is C19H23N5O. The summed E-state index contributed by atoms with van der Waals surface area (Å²) >= 11 is 0. The number of aryl methyl sites for hydroxylation is 2. The molecular weight excluding hydrogens is 314 g/mol. The third-order valence-electron chi connectivity index (χ3n) is 5.00. The smallest absolute Gasteiger partial charge is 0.222 e. The number of fused-ring (bicyclic) bond motifs is 2. The van der Waals surface area contributed by atoms with Crippen LogP contribution in [0.15, 0.2) is 30.5 Å². The van der Waals surface area contributed by atoms with Crippen LogP contribution < -0.4 is 0 Å². The molecule has 25 heavy (non-hydrogen) atoms. The Kier molecular flexibility index (Phi) is 4.26. The molecule has 0 atom stereocenters. The molecule has 1 amide bonds. The molecule has 1 aliphatic rings.